The molecule has 2 aliphatic heterocycles. The van der Waals surface area contributed by atoms with Crippen molar-refractivity contribution in [2.75, 3.05) is 12.3 Å². The van der Waals surface area contributed by atoms with Crippen LogP contribution in [0, 0.1) is 5.92 Å². The molecule has 2 heterocycles. The molecule has 0 saturated carbocycles. The topological polar surface area (TPSA) is 88.6 Å². The van der Waals surface area contributed by atoms with E-state index in [1.807, 2.05) is 0 Å². The van der Waals surface area contributed by atoms with Crippen LogP contribution in [0.15, 0.2) is 34.6 Å². The van der Waals surface area contributed by atoms with E-state index in [2.05, 4.69) is 0 Å². The van der Waals surface area contributed by atoms with Gasteiger partial charge in [0.1, 0.15) is 0 Å². The van der Waals surface area contributed by atoms with Crippen molar-refractivity contribution in [2.24, 2.45) is 5.92 Å². The van der Waals surface area contributed by atoms with Gasteiger partial charge in [-0.2, -0.15) is 8.42 Å². The lowest BCUT2D eigenvalue weighted by Gasteiger charge is -2.18. The number of benzene rings is 1. The first kappa shape index (κ1) is 15.2. The second-order valence-corrected chi connectivity index (χ2v) is 8.50. The molecule has 1 saturated heterocycles. The second-order valence-electron chi connectivity index (χ2n) is 5.32. The number of rotatable bonds is 3. The highest BCUT2D eigenvalue weighted by Gasteiger charge is 2.39. The van der Waals surface area contributed by atoms with Crippen LogP contribution in [-0.4, -0.2) is 39.9 Å². The Labute approximate surface area is 127 Å². The maximum atomic E-state index is 12.8. The first-order chi connectivity index (χ1) is 10.2. The van der Waals surface area contributed by atoms with Gasteiger partial charge in [-0.05, 0) is 6.07 Å². The minimum absolute atomic E-state index is 0.0162. The highest BCUT2D eigenvalue weighted by atomic mass is 32.3. The number of fused-ring (bicyclic) bond motifs is 1. The third-order valence-electron chi connectivity index (χ3n) is 3.67. The van der Waals surface area contributed by atoms with Gasteiger partial charge in [0.05, 0.1) is 21.8 Å². The molecule has 0 aliphatic carbocycles. The Bertz CT molecular complexity index is 889. The second kappa shape index (κ2) is 4.88. The molecule has 0 spiro atoms. The van der Waals surface area contributed by atoms with Crippen LogP contribution in [0.4, 0.5) is 3.89 Å². The molecule has 0 N–H and O–H groups in total. The number of carbonyl (C=O) groups excluding carboxylic acids is 1. The van der Waals surface area contributed by atoms with Crippen molar-refractivity contribution in [1.82, 2.24) is 4.90 Å². The number of halogens is 1. The summed E-state index contributed by atoms with van der Waals surface area (Å²) in [6.07, 6.45) is -0.122. The minimum atomic E-state index is -4.68. The van der Waals surface area contributed by atoms with Gasteiger partial charge in [-0.25, -0.2) is 8.42 Å². The summed E-state index contributed by atoms with van der Waals surface area (Å²) < 4.78 is 58.3. The zero-order valence-electron chi connectivity index (χ0n) is 11.3. The molecule has 0 radical (unpaired) electrons. The van der Waals surface area contributed by atoms with Gasteiger partial charge in [-0.3, -0.25) is 4.79 Å². The van der Waals surface area contributed by atoms with Crippen molar-refractivity contribution in [3.63, 3.8) is 0 Å². The van der Waals surface area contributed by atoms with Crippen molar-refractivity contribution >= 4 is 31.7 Å². The molecule has 1 amide bonds. The fraction of sp³-hybridized carbons (Fsp3) is 0.308. The van der Waals surface area contributed by atoms with Gasteiger partial charge in [0, 0.05) is 24.4 Å². The molecule has 0 aromatic heterocycles. The van der Waals surface area contributed by atoms with Crippen LogP contribution < -0.4 is 0 Å². The fourth-order valence-corrected chi connectivity index (χ4v) is 5.03. The van der Waals surface area contributed by atoms with Gasteiger partial charge in [-0.15, -0.1) is 3.89 Å². The van der Waals surface area contributed by atoms with Crippen molar-refractivity contribution in [1.29, 1.82) is 0 Å². The number of hydrogen-bond donors (Lipinski definition) is 0. The van der Waals surface area contributed by atoms with Gasteiger partial charge >= 0.3 is 10.2 Å². The lowest BCUT2D eigenvalue weighted by atomic mass is 10.1. The van der Waals surface area contributed by atoms with Crippen molar-refractivity contribution in [3.05, 3.63) is 35.2 Å². The number of likely N-dealkylation sites (tertiary alicyclic amines) is 1. The predicted octanol–water partition coefficient (Wildman–Crippen LogP) is 0.920. The van der Waals surface area contributed by atoms with E-state index in [9.17, 15) is 25.5 Å². The smallest absolute Gasteiger partial charge is 0.302 e. The van der Waals surface area contributed by atoms with E-state index in [0.29, 0.717) is 5.56 Å². The minimum Gasteiger partial charge on any atom is -0.311 e. The summed E-state index contributed by atoms with van der Waals surface area (Å²) in [6, 6.07) is 6.26. The molecule has 2 aliphatic rings. The normalized spacial score (nSPS) is 23.5. The molecule has 0 bridgehead atoms. The Balaban J connectivity index is 1.95. The van der Waals surface area contributed by atoms with Crippen LogP contribution in [0.2, 0.25) is 0 Å². The highest BCUT2D eigenvalue weighted by molar-refractivity contribution is 7.95. The van der Waals surface area contributed by atoms with Crippen molar-refractivity contribution in [2.45, 2.75) is 11.3 Å². The Morgan fingerprint density at radius 2 is 1.95 bits per heavy atom. The van der Waals surface area contributed by atoms with Crippen LogP contribution in [0.25, 0.3) is 5.70 Å². The molecular weight excluding hydrogens is 333 g/mol. The Hall–Kier alpha value is -1.74. The van der Waals surface area contributed by atoms with Gasteiger partial charge in [0.25, 0.3) is 0 Å². The molecule has 1 unspecified atom stereocenters. The average molecular weight is 345 g/mol. The first-order valence-corrected chi connectivity index (χ1v) is 9.56. The summed E-state index contributed by atoms with van der Waals surface area (Å²) in [4.78, 5) is 13.4. The molecule has 1 fully saturated rings. The number of amides is 1. The molecule has 118 valence electrons. The third kappa shape index (κ3) is 2.66. The molecule has 22 heavy (non-hydrogen) atoms. The monoisotopic (exact) mass is 345 g/mol. The maximum absolute atomic E-state index is 12.8. The largest absolute Gasteiger partial charge is 0.311 e. The summed E-state index contributed by atoms with van der Waals surface area (Å²) in [6.45, 7) is -0.0162. The fourth-order valence-electron chi connectivity index (χ4n) is 2.82. The summed E-state index contributed by atoms with van der Waals surface area (Å²) in [5.74, 6) is -1.83. The molecule has 6 nitrogen and oxygen atoms in total. The summed E-state index contributed by atoms with van der Waals surface area (Å²) in [7, 11) is -8.29. The molecule has 1 aromatic rings. The van der Waals surface area contributed by atoms with E-state index in [1.165, 1.54) is 11.0 Å². The number of carbonyl (C=O) groups is 1. The van der Waals surface area contributed by atoms with Crippen LogP contribution in [0.5, 0.6) is 0 Å². The van der Waals surface area contributed by atoms with E-state index in [1.54, 1.807) is 18.2 Å². The van der Waals surface area contributed by atoms with E-state index in [-0.39, 0.29) is 23.6 Å². The van der Waals surface area contributed by atoms with Crippen LogP contribution in [0.3, 0.4) is 0 Å². The van der Waals surface area contributed by atoms with Crippen molar-refractivity contribution < 1.29 is 25.5 Å². The Kier molecular flexibility index (Phi) is 3.37. The predicted molar refractivity (Wildman–Crippen MR) is 76.3 cm³/mol. The van der Waals surface area contributed by atoms with E-state index >= 15 is 0 Å². The van der Waals surface area contributed by atoms with E-state index < -0.39 is 37.6 Å². The number of nitrogens with zero attached hydrogens (tertiary/aromatic N) is 1. The quantitative estimate of drug-likeness (QED) is 0.760. The highest BCUT2D eigenvalue weighted by Crippen LogP contribution is 2.38. The Morgan fingerprint density at radius 3 is 2.64 bits per heavy atom. The van der Waals surface area contributed by atoms with E-state index in [0.717, 1.165) is 5.41 Å². The van der Waals surface area contributed by atoms with Gasteiger partial charge in [0.2, 0.25) is 15.7 Å². The first-order valence-electron chi connectivity index (χ1n) is 6.46. The summed E-state index contributed by atoms with van der Waals surface area (Å²) >= 11 is 0. The summed E-state index contributed by atoms with van der Waals surface area (Å²) in [5, 5.41) is 1.00. The lowest BCUT2D eigenvalue weighted by Crippen LogP contribution is -2.24. The summed E-state index contributed by atoms with van der Waals surface area (Å²) in [5.41, 5.74) is 0.624. The zero-order chi connectivity index (χ0) is 16.1. The molecule has 1 aromatic carbocycles. The van der Waals surface area contributed by atoms with E-state index in [4.69, 9.17) is 0 Å². The van der Waals surface area contributed by atoms with Crippen molar-refractivity contribution in [3.8, 4) is 0 Å². The van der Waals surface area contributed by atoms with Gasteiger partial charge < -0.3 is 4.90 Å². The maximum Gasteiger partial charge on any atom is 0.302 e. The van der Waals surface area contributed by atoms with Crippen LogP contribution >= 0.6 is 0 Å². The third-order valence-corrected chi connectivity index (χ3v) is 6.04. The van der Waals surface area contributed by atoms with Crippen LogP contribution in [0.1, 0.15) is 12.0 Å². The van der Waals surface area contributed by atoms with Gasteiger partial charge in [-0.1, -0.05) is 18.2 Å². The Morgan fingerprint density at radius 1 is 1.27 bits per heavy atom. The number of sulfone groups is 1. The lowest BCUT2D eigenvalue weighted by molar-refractivity contribution is -0.125. The molecule has 9 heteroatoms. The van der Waals surface area contributed by atoms with Crippen LogP contribution in [-0.2, 0) is 24.9 Å². The van der Waals surface area contributed by atoms with Gasteiger partial charge in [0.15, 0.2) is 0 Å². The average Bonchev–Trinajstić information content (AvgIpc) is 2.86. The standard InChI is InChI=1S/C13H12FNO5S2/c14-22(19,20)7-9-5-13(16)15(6-9)11-8-21(17,18)12-4-2-1-3-10(11)12/h1-4,8-9H,5-7H2. The number of hydrogen-bond acceptors (Lipinski definition) is 5. The molecular formula is C13H12FNO5S2. The zero-order valence-corrected chi connectivity index (χ0v) is 12.9. The SMILES string of the molecule is O=C1CC(CS(=O)(=O)F)CN1C1=CS(=O)(=O)c2ccccc21. The molecule has 3 rings (SSSR count). The molecule has 1 atom stereocenters.